The number of nitrogens with one attached hydrogen (secondary N) is 1. The number of aliphatic hydroxyl groups is 1. The maximum absolute atomic E-state index is 12.8. The van der Waals surface area contributed by atoms with Crippen molar-refractivity contribution >= 4 is 5.91 Å². The van der Waals surface area contributed by atoms with Crippen molar-refractivity contribution in [2.24, 2.45) is 0 Å². The van der Waals surface area contributed by atoms with Crippen molar-refractivity contribution in [1.29, 1.82) is 0 Å². The quantitative estimate of drug-likeness (QED) is 0.785. The molecule has 0 fully saturated rings. The first-order valence-electron chi connectivity index (χ1n) is 5.88. The lowest BCUT2D eigenvalue weighted by Gasteiger charge is -2.14. The van der Waals surface area contributed by atoms with Crippen LogP contribution in [-0.2, 0) is 11.2 Å². The summed E-state index contributed by atoms with van der Waals surface area (Å²) < 4.78 is 35.7. The van der Waals surface area contributed by atoms with Crippen molar-refractivity contribution in [3.8, 4) is 11.5 Å². The number of benzene rings is 1. The number of hydrogen-bond donors (Lipinski definition) is 2. The minimum atomic E-state index is -3.32. The molecule has 0 spiro atoms. The van der Waals surface area contributed by atoms with Crippen LogP contribution in [0.15, 0.2) is 18.2 Å². The molecule has 0 aromatic heterocycles. The van der Waals surface area contributed by atoms with E-state index in [4.69, 9.17) is 14.6 Å². The molecule has 2 N–H and O–H groups in total. The maximum Gasteiger partial charge on any atom is 0.287 e. The first-order valence-corrected chi connectivity index (χ1v) is 5.88. The Morgan fingerprint density at radius 2 is 2.05 bits per heavy atom. The molecule has 20 heavy (non-hydrogen) atoms. The Kier molecular flexibility index (Phi) is 5.69. The highest BCUT2D eigenvalue weighted by Gasteiger charge is 2.28. The smallest absolute Gasteiger partial charge is 0.287 e. The molecule has 0 bridgehead atoms. The lowest BCUT2D eigenvalue weighted by Crippen LogP contribution is -2.39. The number of amides is 1. The molecule has 1 amide bonds. The standard InChI is InChI=1S/C13H17F2NO4/c1-19-10-4-3-9(11(6-10)20-2)5-12(18)16-7-13(14,15)8-17/h3-4,6,17H,5,7-8H2,1-2H3,(H,16,18). The molecule has 0 aliphatic heterocycles. The van der Waals surface area contributed by atoms with Crippen molar-refractivity contribution in [3.05, 3.63) is 23.8 Å². The predicted octanol–water partition coefficient (Wildman–Crippen LogP) is 0.990. The van der Waals surface area contributed by atoms with E-state index in [0.29, 0.717) is 17.1 Å². The number of halogens is 2. The number of carbonyl (C=O) groups is 1. The molecule has 5 nitrogen and oxygen atoms in total. The van der Waals surface area contributed by atoms with Crippen LogP contribution in [0.3, 0.4) is 0 Å². The van der Waals surface area contributed by atoms with E-state index in [2.05, 4.69) is 5.32 Å². The van der Waals surface area contributed by atoms with Gasteiger partial charge in [-0.1, -0.05) is 6.07 Å². The van der Waals surface area contributed by atoms with Gasteiger partial charge in [-0.05, 0) is 6.07 Å². The van der Waals surface area contributed by atoms with E-state index in [1.165, 1.54) is 14.2 Å². The van der Waals surface area contributed by atoms with Crippen molar-refractivity contribution in [1.82, 2.24) is 5.32 Å². The number of rotatable bonds is 7. The third-order valence-electron chi connectivity index (χ3n) is 2.62. The van der Waals surface area contributed by atoms with E-state index >= 15 is 0 Å². The third-order valence-corrected chi connectivity index (χ3v) is 2.62. The molecule has 0 saturated heterocycles. The number of methoxy groups -OCH3 is 2. The van der Waals surface area contributed by atoms with Gasteiger partial charge in [0, 0.05) is 11.6 Å². The second-order valence-corrected chi connectivity index (χ2v) is 4.15. The Morgan fingerprint density at radius 1 is 1.35 bits per heavy atom. The van der Waals surface area contributed by atoms with Crippen LogP contribution in [0.25, 0.3) is 0 Å². The van der Waals surface area contributed by atoms with Crippen LogP contribution >= 0.6 is 0 Å². The van der Waals surface area contributed by atoms with Gasteiger partial charge >= 0.3 is 0 Å². The molecule has 1 rings (SSSR count). The van der Waals surface area contributed by atoms with Gasteiger partial charge in [0.05, 0.1) is 27.2 Å². The van der Waals surface area contributed by atoms with Crippen LogP contribution in [0, 0.1) is 0 Å². The number of aliphatic hydroxyl groups excluding tert-OH is 1. The molecule has 0 aliphatic rings. The summed E-state index contributed by atoms with van der Waals surface area (Å²) in [5.74, 6) is -2.90. The fraction of sp³-hybridized carbons (Fsp3) is 0.462. The SMILES string of the molecule is COc1ccc(CC(=O)NCC(F)(F)CO)c(OC)c1. The summed E-state index contributed by atoms with van der Waals surface area (Å²) in [4.78, 5) is 11.6. The molecule has 0 unspecified atom stereocenters. The molecule has 1 aromatic rings. The van der Waals surface area contributed by atoms with Gasteiger partial charge in [0.15, 0.2) is 0 Å². The lowest BCUT2D eigenvalue weighted by atomic mass is 10.1. The van der Waals surface area contributed by atoms with Crippen LogP contribution in [0.2, 0.25) is 0 Å². The summed E-state index contributed by atoms with van der Waals surface area (Å²) in [6.45, 7) is -2.21. The highest BCUT2D eigenvalue weighted by Crippen LogP contribution is 2.24. The summed E-state index contributed by atoms with van der Waals surface area (Å²) in [6.07, 6.45) is -0.103. The molecule has 0 saturated carbocycles. The summed E-state index contributed by atoms with van der Waals surface area (Å²) >= 11 is 0. The molecule has 7 heteroatoms. The minimum absolute atomic E-state index is 0.103. The molecule has 1 aromatic carbocycles. The molecule has 0 aliphatic carbocycles. The second kappa shape index (κ2) is 7.04. The topological polar surface area (TPSA) is 67.8 Å². The van der Waals surface area contributed by atoms with Gasteiger partial charge < -0.3 is 19.9 Å². The third kappa shape index (κ3) is 4.65. The van der Waals surface area contributed by atoms with Crippen LogP contribution in [0.1, 0.15) is 5.56 Å². The van der Waals surface area contributed by atoms with Gasteiger partial charge in [0.25, 0.3) is 5.92 Å². The van der Waals surface area contributed by atoms with E-state index in [-0.39, 0.29) is 6.42 Å². The number of hydrogen-bond acceptors (Lipinski definition) is 4. The van der Waals surface area contributed by atoms with Crippen molar-refractivity contribution < 1.29 is 28.2 Å². The van der Waals surface area contributed by atoms with Crippen molar-refractivity contribution in [2.45, 2.75) is 12.3 Å². The molecular weight excluding hydrogens is 272 g/mol. The maximum atomic E-state index is 12.8. The zero-order valence-corrected chi connectivity index (χ0v) is 11.3. The normalized spacial score (nSPS) is 11.1. The molecule has 0 heterocycles. The number of alkyl halides is 2. The van der Waals surface area contributed by atoms with E-state index in [1.54, 1.807) is 18.2 Å². The van der Waals surface area contributed by atoms with Crippen LogP contribution in [0.5, 0.6) is 11.5 Å². The van der Waals surface area contributed by atoms with Crippen LogP contribution in [-0.4, -0.2) is 44.3 Å². The average Bonchev–Trinajstić information content (AvgIpc) is 2.45. The van der Waals surface area contributed by atoms with E-state index in [1.807, 2.05) is 0 Å². The first-order chi connectivity index (χ1) is 9.41. The Hall–Kier alpha value is -1.89. The van der Waals surface area contributed by atoms with E-state index in [9.17, 15) is 13.6 Å². The largest absolute Gasteiger partial charge is 0.497 e. The van der Waals surface area contributed by atoms with Gasteiger partial charge in [-0.2, -0.15) is 0 Å². The van der Waals surface area contributed by atoms with Crippen LogP contribution < -0.4 is 14.8 Å². The summed E-state index contributed by atoms with van der Waals surface area (Å²) in [6, 6.07) is 4.87. The predicted molar refractivity (Wildman–Crippen MR) is 68.3 cm³/mol. The second-order valence-electron chi connectivity index (χ2n) is 4.15. The summed E-state index contributed by atoms with van der Waals surface area (Å²) in [7, 11) is 2.94. The van der Waals surface area contributed by atoms with Gasteiger partial charge in [-0.3, -0.25) is 4.79 Å². The Morgan fingerprint density at radius 3 is 2.60 bits per heavy atom. The Balaban J connectivity index is 2.66. The Bertz CT molecular complexity index is 466. The van der Waals surface area contributed by atoms with Gasteiger partial charge in [0.2, 0.25) is 5.91 Å². The van der Waals surface area contributed by atoms with Gasteiger partial charge in [0.1, 0.15) is 18.1 Å². The molecule has 112 valence electrons. The highest BCUT2D eigenvalue weighted by molar-refractivity contribution is 5.79. The van der Waals surface area contributed by atoms with E-state index in [0.717, 1.165) is 0 Å². The van der Waals surface area contributed by atoms with Gasteiger partial charge in [-0.15, -0.1) is 0 Å². The van der Waals surface area contributed by atoms with Crippen LogP contribution in [0.4, 0.5) is 8.78 Å². The Labute approximate surface area is 115 Å². The van der Waals surface area contributed by atoms with Crippen molar-refractivity contribution in [2.75, 3.05) is 27.4 Å². The number of ether oxygens (including phenoxy) is 2. The molecule has 0 radical (unpaired) electrons. The van der Waals surface area contributed by atoms with Gasteiger partial charge in [-0.25, -0.2) is 8.78 Å². The fourth-order valence-corrected chi connectivity index (χ4v) is 1.52. The lowest BCUT2D eigenvalue weighted by molar-refractivity contribution is -0.123. The fourth-order valence-electron chi connectivity index (χ4n) is 1.52. The number of carbonyl (C=O) groups excluding carboxylic acids is 1. The first kappa shape index (κ1) is 16.2. The minimum Gasteiger partial charge on any atom is -0.497 e. The molecular formula is C13H17F2NO4. The molecule has 0 atom stereocenters. The van der Waals surface area contributed by atoms with E-state index < -0.39 is 25.0 Å². The van der Waals surface area contributed by atoms with Crippen molar-refractivity contribution in [3.63, 3.8) is 0 Å². The summed E-state index contributed by atoms with van der Waals surface area (Å²) in [5.41, 5.74) is 0.554. The monoisotopic (exact) mass is 289 g/mol. The zero-order valence-electron chi connectivity index (χ0n) is 11.3. The zero-order chi connectivity index (χ0) is 15.2. The summed E-state index contributed by atoms with van der Waals surface area (Å²) in [5, 5.41) is 10.5. The average molecular weight is 289 g/mol. The highest BCUT2D eigenvalue weighted by atomic mass is 19.3.